The molecule has 0 aromatic heterocycles. The Morgan fingerprint density at radius 3 is 1.35 bits per heavy atom. The third-order valence-electron chi connectivity index (χ3n) is 5.98. The van der Waals surface area contributed by atoms with Crippen LogP contribution in [0.2, 0.25) is 6.04 Å². The SMILES string of the molecule is C=C(CC(O)c1ccccc1)C[Si](c1ccccc1)(c1ccccc1)c1ccccc1. The van der Waals surface area contributed by atoms with Crippen LogP contribution < -0.4 is 15.6 Å². The summed E-state index contributed by atoms with van der Waals surface area (Å²) in [5, 5.41) is 14.9. The molecule has 4 aromatic rings. The molecule has 0 aliphatic rings. The van der Waals surface area contributed by atoms with E-state index in [0.29, 0.717) is 6.42 Å². The molecule has 4 aromatic carbocycles. The molecule has 0 aliphatic carbocycles. The minimum atomic E-state index is -2.37. The van der Waals surface area contributed by atoms with Crippen molar-refractivity contribution < 1.29 is 5.11 Å². The standard InChI is InChI=1S/C29H28OSi/c1-24(22-29(30)25-14-6-2-7-15-25)23-31(26-16-8-3-9-17-26,27-18-10-4-11-19-27)28-20-12-5-13-21-28/h2-21,29-30H,1,22-23H2. The minimum absolute atomic E-state index is 0.539. The highest BCUT2D eigenvalue weighted by molar-refractivity contribution is 7.11. The van der Waals surface area contributed by atoms with E-state index in [4.69, 9.17) is 0 Å². The first-order valence-electron chi connectivity index (χ1n) is 10.8. The maximum atomic E-state index is 10.9. The molecule has 1 nitrogen and oxygen atoms in total. The normalized spacial score (nSPS) is 12.3. The molecular formula is C29H28OSi. The minimum Gasteiger partial charge on any atom is -0.388 e. The maximum Gasteiger partial charge on any atom is 0.152 e. The van der Waals surface area contributed by atoms with Crippen LogP contribution in [0.4, 0.5) is 0 Å². The summed E-state index contributed by atoms with van der Waals surface area (Å²) >= 11 is 0. The van der Waals surface area contributed by atoms with Gasteiger partial charge in [0, 0.05) is 0 Å². The maximum absolute atomic E-state index is 10.9. The molecule has 0 saturated carbocycles. The average Bonchev–Trinajstić information content (AvgIpc) is 2.85. The van der Waals surface area contributed by atoms with E-state index in [1.807, 2.05) is 30.3 Å². The van der Waals surface area contributed by atoms with E-state index in [1.165, 1.54) is 15.6 Å². The molecule has 4 rings (SSSR count). The first-order chi connectivity index (χ1) is 15.2. The van der Waals surface area contributed by atoms with Crippen molar-refractivity contribution in [2.45, 2.75) is 18.6 Å². The molecule has 0 aliphatic heterocycles. The van der Waals surface area contributed by atoms with Gasteiger partial charge in [0.2, 0.25) is 0 Å². The molecule has 0 heterocycles. The van der Waals surface area contributed by atoms with Gasteiger partial charge in [-0.1, -0.05) is 127 Å². The molecule has 0 saturated heterocycles. The molecule has 1 atom stereocenters. The van der Waals surface area contributed by atoms with Gasteiger partial charge in [-0.05, 0) is 33.6 Å². The van der Waals surface area contributed by atoms with Crippen molar-refractivity contribution in [2.75, 3.05) is 0 Å². The summed E-state index contributed by atoms with van der Waals surface area (Å²) in [6, 6.07) is 43.3. The molecule has 1 unspecified atom stereocenters. The van der Waals surface area contributed by atoms with Gasteiger partial charge in [-0.2, -0.15) is 0 Å². The Balaban J connectivity index is 1.78. The number of aliphatic hydroxyl groups excluding tert-OH is 1. The lowest BCUT2D eigenvalue weighted by atomic mass is 10.0. The second-order valence-corrected chi connectivity index (χ2v) is 12.0. The van der Waals surface area contributed by atoms with Crippen LogP contribution in [0.1, 0.15) is 18.1 Å². The lowest BCUT2D eigenvalue weighted by molar-refractivity contribution is 0.178. The topological polar surface area (TPSA) is 20.2 Å². The lowest BCUT2D eigenvalue weighted by Crippen LogP contribution is -2.67. The highest BCUT2D eigenvalue weighted by atomic mass is 28.3. The molecule has 1 N–H and O–H groups in total. The predicted octanol–water partition coefficient (Wildman–Crippen LogP) is 4.84. The van der Waals surface area contributed by atoms with Gasteiger partial charge >= 0.3 is 0 Å². The van der Waals surface area contributed by atoms with Gasteiger partial charge in [-0.15, -0.1) is 6.58 Å². The number of benzene rings is 4. The fraction of sp³-hybridized carbons (Fsp3) is 0.103. The zero-order valence-electron chi connectivity index (χ0n) is 17.7. The largest absolute Gasteiger partial charge is 0.388 e. The molecular weight excluding hydrogens is 392 g/mol. The van der Waals surface area contributed by atoms with Crippen molar-refractivity contribution in [3.63, 3.8) is 0 Å². The third-order valence-corrected chi connectivity index (χ3v) is 11.0. The van der Waals surface area contributed by atoms with E-state index in [0.717, 1.165) is 17.2 Å². The van der Waals surface area contributed by atoms with Gasteiger partial charge in [0.1, 0.15) is 0 Å². The molecule has 0 amide bonds. The van der Waals surface area contributed by atoms with Gasteiger partial charge in [0.05, 0.1) is 6.10 Å². The Kier molecular flexibility index (Phi) is 6.61. The van der Waals surface area contributed by atoms with Crippen molar-refractivity contribution in [3.05, 3.63) is 139 Å². The fourth-order valence-electron chi connectivity index (χ4n) is 4.49. The van der Waals surface area contributed by atoms with Crippen LogP contribution in [0.25, 0.3) is 0 Å². The van der Waals surface area contributed by atoms with Gasteiger partial charge in [-0.3, -0.25) is 0 Å². The lowest BCUT2D eigenvalue weighted by Gasteiger charge is -2.35. The van der Waals surface area contributed by atoms with Crippen molar-refractivity contribution in [1.82, 2.24) is 0 Å². The van der Waals surface area contributed by atoms with Crippen LogP contribution in [-0.2, 0) is 0 Å². The van der Waals surface area contributed by atoms with Crippen LogP contribution in [-0.4, -0.2) is 13.2 Å². The summed E-state index contributed by atoms with van der Waals surface area (Å²) in [6.07, 6.45) is 0.0216. The molecule has 0 radical (unpaired) electrons. The summed E-state index contributed by atoms with van der Waals surface area (Å²) in [5.41, 5.74) is 2.02. The van der Waals surface area contributed by atoms with Gasteiger partial charge in [0.25, 0.3) is 0 Å². The Morgan fingerprint density at radius 2 is 0.968 bits per heavy atom. The molecule has 0 bridgehead atoms. The van der Waals surface area contributed by atoms with E-state index in [-0.39, 0.29) is 0 Å². The second kappa shape index (κ2) is 9.74. The quantitative estimate of drug-likeness (QED) is 0.246. The number of rotatable bonds is 8. The number of aliphatic hydroxyl groups is 1. The molecule has 154 valence electrons. The van der Waals surface area contributed by atoms with Crippen molar-refractivity contribution in [3.8, 4) is 0 Å². The summed E-state index contributed by atoms with van der Waals surface area (Å²) < 4.78 is 0. The summed E-state index contributed by atoms with van der Waals surface area (Å²) in [4.78, 5) is 0. The van der Waals surface area contributed by atoms with E-state index in [2.05, 4.69) is 97.6 Å². The Hall–Kier alpha value is -3.20. The molecule has 0 spiro atoms. The summed E-state index contributed by atoms with van der Waals surface area (Å²) in [5.74, 6) is 0. The van der Waals surface area contributed by atoms with Crippen molar-refractivity contribution in [1.29, 1.82) is 0 Å². The van der Waals surface area contributed by atoms with Crippen LogP contribution >= 0.6 is 0 Å². The number of hydrogen-bond donors (Lipinski definition) is 1. The van der Waals surface area contributed by atoms with Crippen molar-refractivity contribution >= 4 is 23.6 Å². The molecule has 31 heavy (non-hydrogen) atoms. The van der Waals surface area contributed by atoms with Gasteiger partial charge < -0.3 is 5.11 Å². The Labute approximate surface area is 186 Å². The van der Waals surface area contributed by atoms with Gasteiger partial charge in [0.15, 0.2) is 8.07 Å². The first kappa shape index (κ1) is 21.0. The van der Waals surface area contributed by atoms with Crippen LogP contribution in [0.15, 0.2) is 133 Å². The summed E-state index contributed by atoms with van der Waals surface area (Å²) in [7, 11) is -2.37. The highest BCUT2D eigenvalue weighted by Crippen LogP contribution is 2.26. The average molecular weight is 421 g/mol. The van der Waals surface area contributed by atoms with E-state index >= 15 is 0 Å². The second-order valence-electron chi connectivity index (χ2n) is 8.06. The Morgan fingerprint density at radius 1 is 0.613 bits per heavy atom. The summed E-state index contributed by atoms with van der Waals surface area (Å²) in [6.45, 7) is 4.46. The van der Waals surface area contributed by atoms with Gasteiger partial charge in [-0.25, -0.2) is 0 Å². The monoisotopic (exact) mass is 420 g/mol. The van der Waals surface area contributed by atoms with E-state index in [1.54, 1.807) is 0 Å². The Bertz CT molecular complexity index is 996. The smallest absolute Gasteiger partial charge is 0.152 e. The number of hydrogen-bond acceptors (Lipinski definition) is 1. The zero-order chi connectivity index (χ0) is 21.5. The predicted molar refractivity (Wildman–Crippen MR) is 134 cm³/mol. The molecule has 2 heteroatoms. The third kappa shape index (κ3) is 4.61. The first-order valence-corrected chi connectivity index (χ1v) is 13.0. The zero-order valence-corrected chi connectivity index (χ0v) is 18.7. The molecule has 0 fully saturated rings. The van der Waals surface area contributed by atoms with Crippen LogP contribution in [0.5, 0.6) is 0 Å². The van der Waals surface area contributed by atoms with Crippen molar-refractivity contribution in [2.24, 2.45) is 0 Å². The fourth-order valence-corrected chi connectivity index (χ4v) is 9.28. The highest BCUT2D eigenvalue weighted by Gasteiger charge is 2.39. The van der Waals surface area contributed by atoms with E-state index in [9.17, 15) is 5.11 Å². The van der Waals surface area contributed by atoms with Crippen LogP contribution in [0.3, 0.4) is 0 Å². The van der Waals surface area contributed by atoms with E-state index < -0.39 is 14.2 Å². The van der Waals surface area contributed by atoms with Crippen LogP contribution in [0, 0.1) is 0 Å².